The summed E-state index contributed by atoms with van der Waals surface area (Å²) in [5.41, 5.74) is 1.81. The first kappa shape index (κ1) is 18.7. The van der Waals surface area contributed by atoms with E-state index in [2.05, 4.69) is 15.9 Å². The number of likely N-dealkylation sites (tertiary alicyclic amines) is 1. The van der Waals surface area contributed by atoms with E-state index in [-0.39, 0.29) is 6.04 Å². The first-order valence-electron chi connectivity index (χ1n) is 8.17. The van der Waals surface area contributed by atoms with Crippen molar-refractivity contribution in [1.29, 1.82) is 0 Å². The molecule has 2 atom stereocenters. The number of carboxylic acids is 1. The lowest BCUT2D eigenvalue weighted by atomic mass is 9.91. The van der Waals surface area contributed by atoms with Crippen LogP contribution in [0, 0.1) is 0 Å². The third-order valence-electron chi connectivity index (χ3n) is 4.64. The Morgan fingerprint density at radius 2 is 1.84 bits per heavy atom. The van der Waals surface area contributed by atoms with Gasteiger partial charge in [0.05, 0.1) is 16.1 Å². The van der Waals surface area contributed by atoms with Gasteiger partial charge in [-0.05, 0) is 42.6 Å². The number of hydrogen-bond donors (Lipinski definition) is 1. The molecule has 0 radical (unpaired) electrons. The Balaban J connectivity index is 2.17. The standard InChI is InChI=1S/C19H18BrCl2NO2/c20-14-8-2-1-6-12(14)18(13-7-5-9-15(21)17(13)22)23-11-4-3-10-16(23)19(24)25/h1-2,5-9,16,18H,3-4,10-11H2,(H,24,25). The second-order valence-electron chi connectivity index (χ2n) is 6.15. The Morgan fingerprint density at radius 3 is 2.56 bits per heavy atom. The number of benzene rings is 2. The predicted octanol–water partition coefficient (Wildman–Crippen LogP) is 5.78. The third-order valence-corrected chi connectivity index (χ3v) is 6.19. The number of carbonyl (C=O) groups is 1. The normalized spacial score (nSPS) is 19.6. The van der Waals surface area contributed by atoms with Crippen LogP contribution in [0.4, 0.5) is 0 Å². The number of halogens is 3. The molecule has 0 aromatic heterocycles. The Bertz CT molecular complexity index is 784. The summed E-state index contributed by atoms with van der Waals surface area (Å²) in [6, 6.07) is 12.6. The lowest BCUT2D eigenvalue weighted by Gasteiger charge is -2.40. The maximum absolute atomic E-state index is 11.9. The van der Waals surface area contributed by atoms with Crippen molar-refractivity contribution in [3.8, 4) is 0 Å². The monoisotopic (exact) mass is 441 g/mol. The minimum Gasteiger partial charge on any atom is -0.480 e. The molecule has 2 aromatic rings. The highest BCUT2D eigenvalue weighted by Crippen LogP contribution is 2.41. The van der Waals surface area contributed by atoms with Crippen LogP contribution in [-0.4, -0.2) is 28.6 Å². The second-order valence-corrected chi connectivity index (χ2v) is 7.79. The van der Waals surface area contributed by atoms with Crippen LogP contribution in [0.5, 0.6) is 0 Å². The van der Waals surface area contributed by atoms with Crippen LogP contribution in [0.1, 0.15) is 36.4 Å². The van der Waals surface area contributed by atoms with E-state index in [4.69, 9.17) is 23.2 Å². The van der Waals surface area contributed by atoms with Crippen molar-refractivity contribution in [3.05, 3.63) is 68.1 Å². The van der Waals surface area contributed by atoms with Crippen LogP contribution in [0.3, 0.4) is 0 Å². The highest BCUT2D eigenvalue weighted by atomic mass is 79.9. The van der Waals surface area contributed by atoms with Crippen molar-refractivity contribution in [3.63, 3.8) is 0 Å². The van der Waals surface area contributed by atoms with E-state index in [0.717, 1.165) is 28.4 Å². The number of hydrogen-bond acceptors (Lipinski definition) is 2. The molecule has 2 aromatic carbocycles. The molecule has 0 spiro atoms. The summed E-state index contributed by atoms with van der Waals surface area (Å²) < 4.78 is 0.922. The van der Waals surface area contributed by atoms with Crippen molar-refractivity contribution >= 4 is 45.1 Å². The second kappa shape index (κ2) is 8.09. The van der Waals surface area contributed by atoms with Gasteiger partial charge in [0, 0.05) is 4.47 Å². The summed E-state index contributed by atoms with van der Waals surface area (Å²) in [5, 5.41) is 10.7. The molecule has 1 heterocycles. The van der Waals surface area contributed by atoms with Crippen LogP contribution in [0.15, 0.2) is 46.9 Å². The quantitative estimate of drug-likeness (QED) is 0.651. The predicted molar refractivity (Wildman–Crippen MR) is 104 cm³/mol. The molecular formula is C19H18BrCl2NO2. The van der Waals surface area contributed by atoms with Gasteiger partial charge in [-0.15, -0.1) is 0 Å². The molecule has 1 aliphatic rings. The largest absolute Gasteiger partial charge is 0.480 e. The molecule has 2 unspecified atom stereocenters. The first-order valence-corrected chi connectivity index (χ1v) is 9.72. The molecule has 3 rings (SSSR count). The maximum Gasteiger partial charge on any atom is 0.320 e. The Morgan fingerprint density at radius 1 is 1.12 bits per heavy atom. The number of nitrogens with zero attached hydrogens (tertiary/aromatic N) is 1. The zero-order valence-corrected chi connectivity index (χ0v) is 16.6. The number of carboxylic acid groups (broad SMARTS) is 1. The molecule has 0 amide bonds. The topological polar surface area (TPSA) is 40.5 Å². The van der Waals surface area contributed by atoms with Crippen molar-refractivity contribution in [2.24, 2.45) is 0 Å². The lowest BCUT2D eigenvalue weighted by Crippen LogP contribution is -2.47. The SMILES string of the molecule is O=C(O)C1CCCCN1C(c1ccccc1Br)c1cccc(Cl)c1Cl. The molecule has 1 aliphatic heterocycles. The summed E-state index contributed by atoms with van der Waals surface area (Å²) in [7, 11) is 0. The smallest absolute Gasteiger partial charge is 0.320 e. The average Bonchev–Trinajstić information content (AvgIpc) is 2.60. The van der Waals surface area contributed by atoms with Gasteiger partial charge in [-0.1, -0.05) is 75.9 Å². The molecule has 6 heteroatoms. The van der Waals surface area contributed by atoms with Crippen LogP contribution >= 0.6 is 39.1 Å². The van der Waals surface area contributed by atoms with E-state index < -0.39 is 12.0 Å². The van der Waals surface area contributed by atoms with E-state index in [1.165, 1.54) is 0 Å². The van der Waals surface area contributed by atoms with E-state index >= 15 is 0 Å². The maximum atomic E-state index is 11.9. The van der Waals surface area contributed by atoms with E-state index in [1.54, 1.807) is 6.07 Å². The van der Waals surface area contributed by atoms with Gasteiger partial charge >= 0.3 is 5.97 Å². The number of piperidine rings is 1. The minimum absolute atomic E-state index is 0.275. The zero-order valence-electron chi connectivity index (χ0n) is 13.5. The van der Waals surface area contributed by atoms with Gasteiger partial charge in [-0.25, -0.2) is 0 Å². The van der Waals surface area contributed by atoms with Gasteiger partial charge in [0.15, 0.2) is 0 Å². The molecular weight excluding hydrogens is 425 g/mol. The highest BCUT2D eigenvalue weighted by Gasteiger charge is 2.36. The highest BCUT2D eigenvalue weighted by molar-refractivity contribution is 9.10. The van der Waals surface area contributed by atoms with Crippen LogP contribution in [0.25, 0.3) is 0 Å². The van der Waals surface area contributed by atoms with Crippen LogP contribution < -0.4 is 0 Å². The Kier molecular flexibility index (Phi) is 6.05. The molecule has 0 saturated carbocycles. The van der Waals surface area contributed by atoms with E-state index in [1.807, 2.05) is 41.3 Å². The van der Waals surface area contributed by atoms with E-state index in [9.17, 15) is 9.90 Å². The van der Waals surface area contributed by atoms with Crippen molar-refractivity contribution in [2.45, 2.75) is 31.3 Å². The fourth-order valence-corrected chi connectivity index (χ4v) is 4.39. The van der Waals surface area contributed by atoms with Gasteiger partial charge in [0.1, 0.15) is 6.04 Å². The molecule has 1 fully saturated rings. The van der Waals surface area contributed by atoms with Gasteiger partial charge in [-0.2, -0.15) is 0 Å². The lowest BCUT2D eigenvalue weighted by molar-refractivity contribution is -0.145. The molecule has 1 saturated heterocycles. The van der Waals surface area contributed by atoms with Gasteiger partial charge in [0.2, 0.25) is 0 Å². The first-order chi connectivity index (χ1) is 12.0. The van der Waals surface area contributed by atoms with Gasteiger partial charge < -0.3 is 5.11 Å². The summed E-state index contributed by atoms with van der Waals surface area (Å²) in [4.78, 5) is 13.9. The Hall–Kier alpha value is -1.07. The van der Waals surface area contributed by atoms with Crippen molar-refractivity contribution in [2.75, 3.05) is 6.54 Å². The summed E-state index contributed by atoms with van der Waals surface area (Å²) in [6.07, 6.45) is 2.51. The molecule has 3 nitrogen and oxygen atoms in total. The fraction of sp³-hybridized carbons (Fsp3) is 0.316. The van der Waals surface area contributed by atoms with Crippen molar-refractivity contribution < 1.29 is 9.90 Å². The fourth-order valence-electron chi connectivity index (χ4n) is 3.48. The Labute approximate surface area is 165 Å². The molecule has 25 heavy (non-hydrogen) atoms. The average molecular weight is 443 g/mol. The van der Waals surface area contributed by atoms with Crippen LogP contribution in [0.2, 0.25) is 10.0 Å². The van der Waals surface area contributed by atoms with Crippen molar-refractivity contribution in [1.82, 2.24) is 4.90 Å². The minimum atomic E-state index is -0.796. The van der Waals surface area contributed by atoms with Gasteiger partial charge in [-0.3, -0.25) is 9.69 Å². The number of rotatable bonds is 4. The summed E-state index contributed by atoms with van der Waals surface area (Å²) in [5.74, 6) is -0.796. The molecule has 0 aliphatic carbocycles. The third kappa shape index (κ3) is 3.87. The molecule has 0 bridgehead atoms. The van der Waals surface area contributed by atoms with Crippen LogP contribution in [-0.2, 0) is 4.79 Å². The van der Waals surface area contributed by atoms with E-state index in [0.29, 0.717) is 23.0 Å². The summed E-state index contributed by atoms with van der Waals surface area (Å²) >= 11 is 16.4. The zero-order chi connectivity index (χ0) is 18.0. The summed E-state index contributed by atoms with van der Waals surface area (Å²) in [6.45, 7) is 0.700. The number of aliphatic carboxylic acids is 1. The molecule has 132 valence electrons. The van der Waals surface area contributed by atoms with Gasteiger partial charge in [0.25, 0.3) is 0 Å². The molecule has 1 N–H and O–H groups in total.